The fourth-order valence-electron chi connectivity index (χ4n) is 3.12. The lowest BCUT2D eigenvalue weighted by molar-refractivity contribution is -0.385. The number of nitrogens with zero attached hydrogens (tertiary/aromatic N) is 3. The number of nitrogens with one attached hydrogen (secondary N) is 1. The number of phenols is 1. The summed E-state index contributed by atoms with van der Waals surface area (Å²) in [5, 5.41) is 24.6. The topological polar surface area (TPSA) is 142 Å². The first-order valence-corrected chi connectivity index (χ1v) is 11.1. The molecule has 0 unspecified atom stereocenters. The number of hydrogen-bond acceptors (Lipinski definition) is 7. The number of aromatic hydroxyl groups is 1. The third-order valence-corrected chi connectivity index (χ3v) is 6.81. The summed E-state index contributed by atoms with van der Waals surface area (Å²) in [5.74, 6) is -1.34. The van der Waals surface area contributed by atoms with Crippen LogP contribution in [0, 0.1) is 10.1 Å². The van der Waals surface area contributed by atoms with Gasteiger partial charge < -0.3 is 5.11 Å². The number of carbonyl (C=O) groups excluding carboxylic acids is 1. The van der Waals surface area contributed by atoms with Gasteiger partial charge in [0, 0.05) is 35.3 Å². The number of benzene rings is 2. The van der Waals surface area contributed by atoms with Crippen molar-refractivity contribution in [1.82, 2.24) is 9.73 Å². The fraction of sp³-hybridized carbons (Fsp3) is 0.263. The number of piperidine rings is 1. The van der Waals surface area contributed by atoms with Crippen molar-refractivity contribution in [2.75, 3.05) is 13.1 Å². The van der Waals surface area contributed by atoms with E-state index >= 15 is 0 Å². The van der Waals surface area contributed by atoms with Gasteiger partial charge in [0.2, 0.25) is 15.8 Å². The van der Waals surface area contributed by atoms with E-state index in [4.69, 9.17) is 11.6 Å². The van der Waals surface area contributed by atoms with Crippen molar-refractivity contribution in [1.29, 1.82) is 0 Å². The summed E-state index contributed by atoms with van der Waals surface area (Å²) in [6.07, 6.45) is 3.57. The predicted molar refractivity (Wildman–Crippen MR) is 114 cm³/mol. The number of hydrazone groups is 1. The van der Waals surface area contributed by atoms with Crippen LogP contribution in [0.3, 0.4) is 0 Å². The second-order valence-electron chi connectivity index (χ2n) is 6.81. The highest BCUT2D eigenvalue weighted by molar-refractivity contribution is 7.89. The van der Waals surface area contributed by atoms with Crippen LogP contribution < -0.4 is 5.43 Å². The Morgan fingerprint density at radius 3 is 2.61 bits per heavy atom. The number of halogens is 1. The van der Waals surface area contributed by atoms with Crippen molar-refractivity contribution >= 4 is 39.4 Å². The average molecular weight is 467 g/mol. The summed E-state index contributed by atoms with van der Waals surface area (Å²) in [6, 6.07) is 7.81. The van der Waals surface area contributed by atoms with Crippen LogP contribution in [0.25, 0.3) is 0 Å². The molecule has 1 amide bonds. The van der Waals surface area contributed by atoms with Crippen LogP contribution in [0.4, 0.5) is 5.69 Å². The molecule has 1 aliphatic rings. The van der Waals surface area contributed by atoms with Crippen LogP contribution in [0.15, 0.2) is 46.4 Å². The molecule has 1 heterocycles. The van der Waals surface area contributed by atoms with E-state index in [1.54, 1.807) is 0 Å². The van der Waals surface area contributed by atoms with Gasteiger partial charge in [0.15, 0.2) is 0 Å². The molecule has 2 aromatic rings. The Labute approximate surface area is 183 Å². The number of amides is 1. The van der Waals surface area contributed by atoms with E-state index in [1.165, 1.54) is 34.6 Å². The summed E-state index contributed by atoms with van der Waals surface area (Å²) in [5.41, 5.74) is 1.60. The number of nitro groups is 1. The second-order valence-corrected chi connectivity index (χ2v) is 9.19. The largest absolute Gasteiger partial charge is 0.502 e. The van der Waals surface area contributed by atoms with E-state index in [0.717, 1.165) is 31.5 Å². The second kappa shape index (κ2) is 9.41. The van der Waals surface area contributed by atoms with Gasteiger partial charge in [-0.2, -0.15) is 9.41 Å². The molecule has 12 heteroatoms. The minimum atomic E-state index is -3.70. The number of sulfonamides is 1. The molecule has 3 rings (SSSR count). The molecule has 0 spiro atoms. The fourth-order valence-corrected chi connectivity index (χ4v) is 4.90. The monoisotopic (exact) mass is 466 g/mol. The lowest BCUT2D eigenvalue weighted by Gasteiger charge is -2.25. The van der Waals surface area contributed by atoms with Crippen molar-refractivity contribution in [3.63, 3.8) is 0 Å². The first-order valence-electron chi connectivity index (χ1n) is 9.30. The van der Waals surface area contributed by atoms with Crippen molar-refractivity contribution in [2.24, 2.45) is 5.10 Å². The van der Waals surface area contributed by atoms with Gasteiger partial charge in [-0.1, -0.05) is 24.1 Å². The van der Waals surface area contributed by atoms with Crippen LogP contribution in [0.1, 0.15) is 35.2 Å². The van der Waals surface area contributed by atoms with Crippen LogP contribution in [-0.2, 0) is 10.0 Å². The molecule has 0 bridgehead atoms. The molecule has 1 saturated heterocycles. The quantitative estimate of drug-likeness (QED) is 0.380. The summed E-state index contributed by atoms with van der Waals surface area (Å²) in [4.78, 5) is 22.5. The van der Waals surface area contributed by atoms with Gasteiger partial charge in [-0.05, 0) is 37.1 Å². The number of hydrogen-bond donors (Lipinski definition) is 2. The Bertz CT molecular complexity index is 1150. The molecule has 31 heavy (non-hydrogen) atoms. The molecule has 1 aliphatic heterocycles. The maximum absolute atomic E-state index is 12.8. The highest BCUT2D eigenvalue weighted by Crippen LogP contribution is 2.32. The van der Waals surface area contributed by atoms with E-state index in [-0.39, 0.29) is 21.0 Å². The van der Waals surface area contributed by atoms with Crippen LogP contribution in [0.2, 0.25) is 5.02 Å². The van der Waals surface area contributed by atoms with Gasteiger partial charge in [0.05, 0.1) is 16.0 Å². The summed E-state index contributed by atoms with van der Waals surface area (Å²) in [7, 11) is -3.70. The molecule has 0 aliphatic carbocycles. The smallest absolute Gasteiger partial charge is 0.312 e. The Kier molecular flexibility index (Phi) is 6.88. The summed E-state index contributed by atoms with van der Waals surface area (Å²) < 4.78 is 27.0. The van der Waals surface area contributed by atoms with Crippen LogP contribution >= 0.6 is 11.6 Å². The summed E-state index contributed by atoms with van der Waals surface area (Å²) >= 11 is 5.80. The molecule has 0 saturated carbocycles. The van der Waals surface area contributed by atoms with Gasteiger partial charge in [-0.25, -0.2) is 13.8 Å². The molecule has 0 atom stereocenters. The molecular weight excluding hydrogens is 448 g/mol. The third kappa shape index (κ3) is 5.19. The average Bonchev–Trinajstić information content (AvgIpc) is 2.76. The van der Waals surface area contributed by atoms with E-state index in [9.17, 15) is 28.4 Å². The third-order valence-electron chi connectivity index (χ3n) is 4.70. The number of carbonyl (C=O) groups is 1. The van der Waals surface area contributed by atoms with E-state index in [0.29, 0.717) is 13.1 Å². The van der Waals surface area contributed by atoms with Crippen molar-refractivity contribution in [2.45, 2.75) is 24.2 Å². The molecule has 2 N–H and O–H groups in total. The molecule has 0 radical (unpaired) electrons. The SMILES string of the molecule is O=C(N/N=C\c1cc(Cl)cc([N+](=O)[O-])c1O)c1cccc(S(=O)(=O)N2CCCCC2)c1. The molecule has 10 nitrogen and oxygen atoms in total. The Balaban J connectivity index is 1.76. The Hall–Kier alpha value is -3.02. The van der Waals surface area contributed by atoms with Gasteiger partial charge in [0.1, 0.15) is 0 Å². The molecule has 0 aromatic heterocycles. The number of nitro benzene ring substituents is 1. The maximum atomic E-state index is 12.8. The number of rotatable bonds is 6. The molecular formula is C19H19ClN4O6S. The first-order chi connectivity index (χ1) is 14.7. The zero-order valence-electron chi connectivity index (χ0n) is 16.2. The standard InChI is InChI=1S/C19H19ClN4O6S/c20-15-9-14(18(25)17(11-15)24(27)28)12-21-22-19(26)13-5-4-6-16(10-13)31(29,30)23-7-2-1-3-8-23/h4-6,9-12,25H,1-3,7-8H2,(H,22,26)/b21-12-. The van der Waals surface area contributed by atoms with E-state index in [2.05, 4.69) is 10.5 Å². The maximum Gasteiger partial charge on any atom is 0.312 e. The van der Waals surface area contributed by atoms with Crippen molar-refractivity contribution < 1.29 is 23.2 Å². The summed E-state index contributed by atoms with van der Waals surface area (Å²) in [6.45, 7) is 0.886. The first kappa shape index (κ1) is 22.7. The van der Waals surface area contributed by atoms with Gasteiger partial charge >= 0.3 is 5.69 Å². The lowest BCUT2D eigenvalue weighted by Crippen LogP contribution is -2.35. The molecule has 164 valence electrons. The Morgan fingerprint density at radius 1 is 1.23 bits per heavy atom. The van der Waals surface area contributed by atoms with Gasteiger partial charge in [-0.3, -0.25) is 14.9 Å². The van der Waals surface area contributed by atoms with Crippen LogP contribution in [-0.4, -0.2) is 48.0 Å². The minimum absolute atomic E-state index is 0.00731. The van der Waals surface area contributed by atoms with Gasteiger partial charge in [-0.15, -0.1) is 0 Å². The zero-order chi connectivity index (χ0) is 22.6. The highest BCUT2D eigenvalue weighted by Gasteiger charge is 2.26. The normalized spacial score (nSPS) is 15.1. The zero-order valence-corrected chi connectivity index (χ0v) is 17.8. The van der Waals surface area contributed by atoms with E-state index in [1.807, 2.05) is 0 Å². The molecule has 2 aromatic carbocycles. The van der Waals surface area contributed by atoms with Crippen molar-refractivity contribution in [3.8, 4) is 5.75 Å². The number of phenolic OH excluding ortho intramolecular Hbond substituents is 1. The Morgan fingerprint density at radius 2 is 1.94 bits per heavy atom. The predicted octanol–water partition coefficient (Wildman–Crippen LogP) is 2.89. The van der Waals surface area contributed by atoms with Crippen LogP contribution in [0.5, 0.6) is 5.75 Å². The van der Waals surface area contributed by atoms with E-state index < -0.39 is 32.3 Å². The van der Waals surface area contributed by atoms with Gasteiger partial charge in [0.25, 0.3) is 5.91 Å². The highest BCUT2D eigenvalue weighted by atomic mass is 35.5. The minimum Gasteiger partial charge on any atom is -0.502 e. The van der Waals surface area contributed by atoms with Crippen molar-refractivity contribution in [3.05, 3.63) is 62.7 Å². The lowest BCUT2D eigenvalue weighted by atomic mass is 10.2. The molecule has 1 fully saturated rings.